The van der Waals surface area contributed by atoms with Crippen molar-refractivity contribution in [1.82, 2.24) is 5.32 Å². The van der Waals surface area contributed by atoms with E-state index in [1.54, 1.807) is 32.0 Å². The van der Waals surface area contributed by atoms with Crippen LogP contribution in [-0.4, -0.2) is 23.5 Å². The van der Waals surface area contributed by atoms with Gasteiger partial charge in [-0.2, -0.15) is 0 Å². The smallest absolute Gasteiger partial charge is 0.308 e. The Morgan fingerprint density at radius 1 is 1.42 bits per heavy atom. The van der Waals surface area contributed by atoms with Crippen LogP contribution in [0.25, 0.3) is 0 Å². The van der Waals surface area contributed by atoms with Crippen molar-refractivity contribution in [2.75, 3.05) is 6.54 Å². The monoisotopic (exact) mass is 347 g/mol. The molecule has 0 aromatic heterocycles. The Morgan fingerprint density at radius 3 is 2.58 bits per heavy atom. The largest absolute Gasteiger partial charge is 0.481 e. The standard InChI is InChI=1S/C13H15BrClNO3/c1-7(2)10(13(18)19)6-16-12(17)9-5-8(14)3-4-11(9)15/h3-5,7,10H,6H2,1-2H3,(H,16,17)(H,18,19). The van der Waals surface area contributed by atoms with E-state index < -0.39 is 11.9 Å². The van der Waals surface area contributed by atoms with Gasteiger partial charge in [0.1, 0.15) is 0 Å². The summed E-state index contributed by atoms with van der Waals surface area (Å²) >= 11 is 9.19. The van der Waals surface area contributed by atoms with Gasteiger partial charge in [0.2, 0.25) is 0 Å². The van der Waals surface area contributed by atoms with Crippen molar-refractivity contribution < 1.29 is 14.7 Å². The Labute approximate surface area is 125 Å². The lowest BCUT2D eigenvalue weighted by atomic mass is 9.96. The lowest BCUT2D eigenvalue weighted by molar-refractivity contribution is -0.142. The van der Waals surface area contributed by atoms with Crippen LogP contribution in [0, 0.1) is 11.8 Å². The first-order chi connectivity index (χ1) is 8.82. The summed E-state index contributed by atoms with van der Waals surface area (Å²) in [6.07, 6.45) is 0. The number of carbonyl (C=O) groups is 2. The molecule has 0 heterocycles. The maximum absolute atomic E-state index is 12.0. The predicted octanol–water partition coefficient (Wildman–Crippen LogP) is 3.19. The molecular formula is C13H15BrClNO3. The Morgan fingerprint density at radius 2 is 2.05 bits per heavy atom. The van der Waals surface area contributed by atoms with E-state index in [1.807, 2.05) is 0 Å². The van der Waals surface area contributed by atoms with Crippen LogP contribution in [0.15, 0.2) is 22.7 Å². The van der Waals surface area contributed by atoms with E-state index in [-0.39, 0.29) is 18.4 Å². The lowest BCUT2D eigenvalue weighted by Gasteiger charge is -2.17. The third kappa shape index (κ3) is 4.51. The second-order valence-corrected chi connectivity index (χ2v) is 5.85. The molecule has 2 N–H and O–H groups in total. The maximum Gasteiger partial charge on any atom is 0.308 e. The van der Waals surface area contributed by atoms with Gasteiger partial charge in [0.25, 0.3) is 5.91 Å². The zero-order valence-electron chi connectivity index (χ0n) is 10.6. The van der Waals surface area contributed by atoms with Gasteiger partial charge in [0.15, 0.2) is 0 Å². The number of halogens is 2. The quantitative estimate of drug-likeness (QED) is 0.859. The molecule has 0 bridgehead atoms. The average Bonchev–Trinajstić information content (AvgIpc) is 2.31. The molecule has 104 valence electrons. The van der Waals surface area contributed by atoms with Crippen LogP contribution in [0.5, 0.6) is 0 Å². The number of nitrogens with one attached hydrogen (secondary N) is 1. The molecule has 6 heteroatoms. The van der Waals surface area contributed by atoms with Crippen molar-refractivity contribution in [2.45, 2.75) is 13.8 Å². The summed E-state index contributed by atoms with van der Waals surface area (Å²) < 4.78 is 0.737. The Kier molecular flexibility index (Phi) is 5.82. The number of carbonyl (C=O) groups excluding carboxylic acids is 1. The number of rotatable bonds is 5. The third-order valence-corrected chi connectivity index (χ3v) is 3.60. The fourth-order valence-electron chi connectivity index (χ4n) is 1.58. The molecule has 0 fully saturated rings. The molecule has 0 aliphatic carbocycles. The van der Waals surface area contributed by atoms with Gasteiger partial charge >= 0.3 is 5.97 Å². The third-order valence-electron chi connectivity index (χ3n) is 2.78. The topological polar surface area (TPSA) is 66.4 Å². The molecule has 1 amide bonds. The molecule has 4 nitrogen and oxygen atoms in total. The van der Waals surface area contributed by atoms with E-state index in [4.69, 9.17) is 16.7 Å². The number of aliphatic carboxylic acids is 1. The highest BCUT2D eigenvalue weighted by Crippen LogP contribution is 2.21. The van der Waals surface area contributed by atoms with Gasteiger partial charge < -0.3 is 10.4 Å². The molecule has 0 aliphatic heterocycles. The molecule has 0 spiro atoms. The molecule has 1 atom stereocenters. The molecule has 0 saturated heterocycles. The lowest BCUT2D eigenvalue weighted by Crippen LogP contribution is -2.35. The summed E-state index contributed by atoms with van der Waals surface area (Å²) in [5, 5.41) is 12.0. The fourth-order valence-corrected chi connectivity index (χ4v) is 2.14. The van der Waals surface area contributed by atoms with Crippen LogP contribution in [0.2, 0.25) is 5.02 Å². The molecule has 0 aliphatic rings. The first-order valence-corrected chi connectivity index (χ1v) is 6.96. The van der Waals surface area contributed by atoms with Gasteiger partial charge in [-0.25, -0.2) is 0 Å². The predicted molar refractivity (Wildman–Crippen MR) is 77.4 cm³/mol. The van der Waals surface area contributed by atoms with Crippen molar-refractivity contribution in [3.8, 4) is 0 Å². The van der Waals surface area contributed by atoms with E-state index in [2.05, 4.69) is 21.2 Å². The Balaban J connectivity index is 2.75. The summed E-state index contributed by atoms with van der Waals surface area (Å²) in [5.41, 5.74) is 0.323. The highest BCUT2D eigenvalue weighted by atomic mass is 79.9. The number of benzene rings is 1. The van der Waals surface area contributed by atoms with E-state index in [9.17, 15) is 9.59 Å². The van der Waals surface area contributed by atoms with E-state index in [1.165, 1.54) is 0 Å². The minimum atomic E-state index is -0.921. The summed E-state index contributed by atoms with van der Waals surface area (Å²) in [4.78, 5) is 23.0. The van der Waals surface area contributed by atoms with E-state index in [0.29, 0.717) is 10.6 Å². The van der Waals surface area contributed by atoms with Crippen LogP contribution < -0.4 is 5.32 Å². The van der Waals surface area contributed by atoms with Gasteiger partial charge in [0.05, 0.1) is 16.5 Å². The molecule has 1 aromatic rings. The van der Waals surface area contributed by atoms with Crippen molar-refractivity contribution in [1.29, 1.82) is 0 Å². The van der Waals surface area contributed by atoms with Crippen LogP contribution >= 0.6 is 27.5 Å². The van der Waals surface area contributed by atoms with Crippen LogP contribution in [0.1, 0.15) is 24.2 Å². The van der Waals surface area contributed by atoms with Crippen molar-refractivity contribution in [3.63, 3.8) is 0 Å². The summed E-state index contributed by atoms with van der Waals surface area (Å²) in [6, 6.07) is 4.94. The fraction of sp³-hybridized carbons (Fsp3) is 0.385. The first-order valence-electron chi connectivity index (χ1n) is 5.79. The van der Waals surface area contributed by atoms with Crippen molar-refractivity contribution in [3.05, 3.63) is 33.3 Å². The van der Waals surface area contributed by atoms with Crippen LogP contribution in [-0.2, 0) is 4.79 Å². The number of carboxylic acids is 1. The van der Waals surface area contributed by atoms with Gasteiger partial charge in [-0.3, -0.25) is 9.59 Å². The molecule has 1 unspecified atom stereocenters. The second kappa shape index (κ2) is 6.91. The minimum absolute atomic E-state index is 0.0595. The molecule has 19 heavy (non-hydrogen) atoms. The molecular weight excluding hydrogens is 334 g/mol. The van der Waals surface area contributed by atoms with Gasteiger partial charge in [-0.1, -0.05) is 41.4 Å². The summed E-state index contributed by atoms with van der Waals surface area (Å²) in [5.74, 6) is -1.97. The zero-order chi connectivity index (χ0) is 14.6. The zero-order valence-corrected chi connectivity index (χ0v) is 13.0. The Bertz CT molecular complexity index is 491. The molecule has 1 rings (SSSR count). The van der Waals surface area contributed by atoms with E-state index >= 15 is 0 Å². The minimum Gasteiger partial charge on any atom is -0.481 e. The van der Waals surface area contributed by atoms with Crippen molar-refractivity contribution >= 4 is 39.4 Å². The highest BCUT2D eigenvalue weighted by Gasteiger charge is 2.22. The number of amides is 1. The van der Waals surface area contributed by atoms with Gasteiger partial charge in [0, 0.05) is 11.0 Å². The molecule has 0 saturated carbocycles. The van der Waals surface area contributed by atoms with E-state index in [0.717, 1.165) is 4.47 Å². The molecule has 1 aromatic carbocycles. The summed E-state index contributed by atoms with van der Waals surface area (Å²) in [6.45, 7) is 3.68. The molecule has 0 radical (unpaired) electrons. The van der Waals surface area contributed by atoms with Gasteiger partial charge in [-0.15, -0.1) is 0 Å². The normalized spacial score (nSPS) is 12.3. The average molecular weight is 349 g/mol. The summed E-state index contributed by atoms with van der Waals surface area (Å²) in [7, 11) is 0. The second-order valence-electron chi connectivity index (χ2n) is 4.52. The van der Waals surface area contributed by atoms with Gasteiger partial charge in [-0.05, 0) is 24.1 Å². The first kappa shape index (κ1) is 16.0. The van der Waals surface area contributed by atoms with Crippen LogP contribution in [0.3, 0.4) is 0 Å². The van der Waals surface area contributed by atoms with Crippen LogP contribution in [0.4, 0.5) is 0 Å². The SMILES string of the molecule is CC(C)C(CNC(=O)c1cc(Br)ccc1Cl)C(=O)O. The Hall–Kier alpha value is -1.07. The number of carboxylic acid groups (broad SMARTS) is 1. The highest BCUT2D eigenvalue weighted by molar-refractivity contribution is 9.10. The number of hydrogen-bond donors (Lipinski definition) is 2. The maximum atomic E-state index is 12.0. The number of hydrogen-bond acceptors (Lipinski definition) is 2. The van der Waals surface area contributed by atoms with Crippen molar-refractivity contribution in [2.24, 2.45) is 11.8 Å².